The molecule has 2 nitrogen and oxygen atoms in total. The number of phenols is 1. The molecule has 2 saturated carbocycles. The predicted molar refractivity (Wildman–Crippen MR) is 92.4 cm³/mol. The van der Waals surface area contributed by atoms with Crippen molar-refractivity contribution in [3.8, 4) is 5.75 Å². The first-order valence-electron chi connectivity index (χ1n) is 9.15. The van der Waals surface area contributed by atoms with Crippen LogP contribution >= 0.6 is 0 Å². The Morgan fingerprint density at radius 2 is 2.17 bits per heavy atom. The molecule has 0 aliphatic heterocycles. The van der Waals surface area contributed by atoms with Gasteiger partial charge in [-0.25, -0.2) is 0 Å². The van der Waals surface area contributed by atoms with Gasteiger partial charge < -0.3 is 10.2 Å². The van der Waals surface area contributed by atoms with Crippen LogP contribution in [0.2, 0.25) is 0 Å². The molecule has 4 rings (SSSR count). The van der Waals surface area contributed by atoms with Crippen LogP contribution in [0.1, 0.15) is 56.1 Å². The third-order valence-electron chi connectivity index (χ3n) is 7.30. The summed E-state index contributed by atoms with van der Waals surface area (Å²) in [4.78, 5) is 0. The van der Waals surface area contributed by atoms with Gasteiger partial charge in [0.1, 0.15) is 5.75 Å². The van der Waals surface area contributed by atoms with Gasteiger partial charge in [-0.3, -0.25) is 0 Å². The Balaban J connectivity index is 1.67. The first-order valence-corrected chi connectivity index (χ1v) is 9.15. The fourth-order valence-electron chi connectivity index (χ4n) is 6.16. The van der Waals surface area contributed by atoms with Crippen molar-refractivity contribution in [1.82, 2.24) is 0 Å². The molecule has 0 aromatic heterocycles. The maximum absolute atomic E-state index is 10.9. The van der Waals surface area contributed by atoms with Gasteiger partial charge in [-0.15, -0.1) is 6.58 Å². The van der Waals surface area contributed by atoms with Crippen LogP contribution in [-0.2, 0) is 6.42 Å². The summed E-state index contributed by atoms with van der Waals surface area (Å²) in [5, 5.41) is 20.7. The molecule has 1 aromatic carbocycles. The van der Waals surface area contributed by atoms with Crippen LogP contribution in [0.5, 0.6) is 5.75 Å². The Hall–Kier alpha value is -1.28. The number of aliphatic hydroxyl groups excluding tert-OH is 1. The van der Waals surface area contributed by atoms with Gasteiger partial charge in [0.15, 0.2) is 0 Å². The molecule has 0 saturated heterocycles. The van der Waals surface area contributed by atoms with E-state index in [9.17, 15) is 10.2 Å². The summed E-state index contributed by atoms with van der Waals surface area (Å²) in [5.41, 5.74) is 2.89. The summed E-state index contributed by atoms with van der Waals surface area (Å²) in [6, 6.07) is 5.96. The van der Waals surface area contributed by atoms with E-state index in [1.54, 1.807) is 0 Å². The van der Waals surface area contributed by atoms with E-state index in [1.165, 1.54) is 24.0 Å². The summed E-state index contributed by atoms with van der Waals surface area (Å²) in [6.45, 7) is 6.21. The van der Waals surface area contributed by atoms with Crippen LogP contribution < -0.4 is 0 Å². The van der Waals surface area contributed by atoms with Crippen molar-refractivity contribution in [3.63, 3.8) is 0 Å². The van der Waals surface area contributed by atoms with Crippen molar-refractivity contribution in [3.05, 3.63) is 42.0 Å². The number of benzene rings is 1. The van der Waals surface area contributed by atoms with Crippen molar-refractivity contribution in [2.24, 2.45) is 23.2 Å². The highest BCUT2D eigenvalue weighted by molar-refractivity contribution is 5.40. The van der Waals surface area contributed by atoms with Crippen LogP contribution in [0.3, 0.4) is 0 Å². The van der Waals surface area contributed by atoms with Gasteiger partial charge in [0.25, 0.3) is 0 Å². The van der Waals surface area contributed by atoms with E-state index < -0.39 is 0 Å². The van der Waals surface area contributed by atoms with E-state index in [0.717, 1.165) is 25.7 Å². The number of phenolic OH excluding ortho intramolecular Hbond substituents is 1. The third kappa shape index (κ3) is 2.18. The molecule has 2 N–H and O–H groups in total. The predicted octanol–water partition coefficient (Wildman–Crippen LogP) is 4.41. The lowest BCUT2D eigenvalue weighted by molar-refractivity contribution is -0.0323. The largest absolute Gasteiger partial charge is 0.508 e. The second kappa shape index (κ2) is 5.37. The average Bonchev–Trinajstić information content (AvgIpc) is 2.79. The van der Waals surface area contributed by atoms with Crippen LogP contribution in [0.15, 0.2) is 30.9 Å². The molecule has 2 fully saturated rings. The van der Waals surface area contributed by atoms with Gasteiger partial charge in [0, 0.05) is 0 Å². The number of aryl methyl sites for hydroxylation is 1. The van der Waals surface area contributed by atoms with E-state index in [1.807, 2.05) is 18.2 Å². The lowest BCUT2D eigenvalue weighted by atomic mass is 9.55. The highest BCUT2D eigenvalue weighted by atomic mass is 16.3. The Bertz CT molecular complexity index is 622. The van der Waals surface area contributed by atoms with Crippen LogP contribution in [-0.4, -0.2) is 16.3 Å². The van der Waals surface area contributed by atoms with Gasteiger partial charge in [-0.2, -0.15) is 0 Å². The van der Waals surface area contributed by atoms with E-state index in [2.05, 4.69) is 19.6 Å². The van der Waals surface area contributed by atoms with Crippen molar-refractivity contribution >= 4 is 0 Å². The molecule has 1 aromatic rings. The van der Waals surface area contributed by atoms with Gasteiger partial charge in [-0.1, -0.05) is 19.1 Å². The zero-order valence-corrected chi connectivity index (χ0v) is 14.0. The molecule has 23 heavy (non-hydrogen) atoms. The molecule has 124 valence electrons. The molecule has 3 aliphatic carbocycles. The van der Waals surface area contributed by atoms with E-state index in [-0.39, 0.29) is 11.5 Å². The van der Waals surface area contributed by atoms with Gasteiger partial charge in [-0.05, 0) is 90.9 Å². The zero-order valence-electron chi connectivity index (χ0n) is 14.0. The number of rotatable bonds is 2. The molecule has 0 radical (unpaired) electrons. The smallest absolute Gasteiger partial charge is 0.115 e. The van der Waals surface area contributed by atoms with Crippen LogP contribution in [0.25, 0.3) is 0 Å². The first-order chi connectivity index (χ1) is 11.0. The van der Waals surface area contributed by atoms with E-state index in [0.29, 0.717) is 29.4 Å². The lowest BCUT2D eigenvalue weighted by Gasteiger charge is -2.50. The molecule has 0 bridgehead atoms. The molecular weight excluding hydrogens is 284 g/mol. The lowest BCUT2D eigenvalue weighted by Crippen LogP contribution is -2.44. The minimum absolute atomic E-state index is 0.0866. The maximum Gasteiger partial charge on any atom is 0.115 e. The zero-order chi connectivity index (χ0) is 16.2. The second-order valence-electron chi connectivity index (χ2n) is 8.31. The van der Waals surface area contributed by atoms with Gasteiger partial charge in [0.05, 0.1) is 6.10 Å². The molecule has 6 atom stereocenters. The number of fused-ring (bicyclic) bond motifs is 5. The van der Waals surface area contributed by atoms with Crippen molar-refractivity contribution in [2.45, 2.75) is 57.5 Å². The highest BCUT2D eigenvalue weighted by Crippen LogP contribution is 2.62. The summed E-state index contributed by atoms with van der Waals surface area (Å²) >= 11 is 0. The quantitative estimate of drug-likeness (QED) is 0.794. The second-order valence-corrected chi connectivity index (χ2v) is 8.31. The van der Waals surface area contributed by atoms with Crippen molar-refractivity contribution in [1.29, 1.82) is 0 Å². The fraction of sp³-hybridized carbons (Fsp3) is 0.619. The average molecular weight is 312 g/mol. The number of allylic oxidation sites excluding steroid dienone is 1. The molecule has 2 heteroatoms. The van der Waals surface area contributed by atoms with Gasteiger partial charge in [0.2, 0.25) is 0 Å². The topological polar surface area (TPSA) is 40.5 Å². The molecule has 0 amide bonds. The summed E-state index contributed by atoms with van der Waals surface area (Å²) < 4.78 is 0. The Morgan fingerprint density at radius 1 is 1.35 bits per heavy atom. The van der Waals surface area contributed by atoms with Crippen molar-refractivity contribution < 1.29 is 10.2 Å². The molecular formula is C21H28O2. The number of hydrogen-bond donors (Lipinski definition) is 2. The Kier molecular flexibility index (Phi) is 3.57. The standard InChI is InChI=1S/C21H28O2/c1-3-4-14-12-19-18-7-5-13-11-15(22)6-8-16(13)17(18)9-10-21(19,2)20(14)23/h3,6,8,11,14,17-20,22-23H,1,4-5,7,9-10,12H2,2H3/t14-,17+,18+,19-,20+,21-/m0/s1. The van der Waals surface area contributed by atoms with E-state index >= 15 is 0 Å². The molecule has 0 spiro atoms. The van der Waals surface area contributed by atoms with Gasteiger partial charge >= 0.3 is 0 Å². The number of aliphatic hydroxyl groups is 1. The molecule has 3 aliphatic rings. The number of hydrogen-bond acceptors (Lipinski definition) is 2. The Labute approximate surface area is 139 Å². The summed E-state index contributed by atoms with van der Waals surface area (Å²) in [6.07, 6.45) is 8.46. The normalized spacial score (nSPS) is 41.7. The third-order valence-corrected chi connectivity index (χ3v) is 7.30. The monoisotopic (exact) mass is 312 g/mol. The van der Waals surface area contributed by atoms with Crippen LogP contribution in [0, 0.1) is 23.2 Å². The minimum atomic E-state index is -0.173. The minimum Gasteiger partial charge on any atom is -0.508 e. The van der Waals surface area contributed by atoms with E-state index in [4.69, 9.17) is 0 Å². The summed E-state index contributed by atoms with van der Waals surface area (Å²) in [5.74, 6) is 2.72. The molecule has 0 unspecified atom stereocenters. The summed E-state index contributed by atoms with van der Waals surface area (Å²) in [7, 11) is 0. The maximum atomic E-state index is 10.9. The highest BCUT2D eigenvalue weighted by Gasteiger charge is 2.57. The Morgan fingerprint density at radius 3 is 2.96 bits per heavy atom. The fourth-order valence-corrected chi connectivity index (χ4v) is 6.16. The molecule has 0 heterocycles. The number of aromatic hydroxyl groups is 1. The van der Waals surface area contributed by atoms with Crippen LogP contribution in [0.4, 0.5) is 0 Å². The SMILES string of the molecule is C=CC[C@H]1C[C@H]2[C@@H]3CCc4cc(O)ccc4[C@H]3CC[C@]2(C)[C@@H]1O. The van der Waals surface area contributed by atoms with Crippen molar-refractivity contribution in [2.75, 3.05) is 0 Å². The first kappa shape index (κ1) is 15.3.